The Morgan fingerprint density at radius 3 is 2.83 bits per heavy atom. The van der Waals surface area contributed by atoms with E-state index in [1.165, 1.54) is 0 Å². The standard InChI is InChI=1S/C14H20N2O2/c1-14(2,3)18-13(17)10-4-5-11-9(8-10)6-7-16-12(11)15/h4-5,8,12,16H,6-7,15H2,1-3H3. The van der Waals surface area contributed by atoms with Gasteiger partial charge in [0, 0.05) is 6.54 Å². The van der Waals surface area contributed by atoms with Gasteiger partial charge in [0.1, 0.15) is 5.60 Å². The third-order valence-corrected chi connectivity index (χ3v) is 2.87. The molecule has 0 bridgehead atoms. The molecule has 1 heterocycles. The summed E-state index contributed by atoms with van der Waals surface area (Å²) >= 11 is 0. The summed E-state index contributed by atoms with van der Waals surface area (Å²) in [5, 5.41) is 3.19. The number of nitrogens with two attached hydrogens (primary N) is 1. The number of hydrogen-bond donors (Lipinski definition) is 2. The fraction of sp³-hybridized carbons (Fsp3) is 0.500. The van der Waals surface area contributed by atoms with E-state index in [0.717, 1.165) is 24.1 Å². The second-order valence-electron chi connectivity index (χ2n) is 5.60. The van der Waals surface area contributed by atoms with Crippen molar-refractivity contribution in [3.8, 4) is 0 Å². The highest BCUT2D eigenvalue weighted by molar-refractivity contribution is 5.90. The topological polar surface area (TPSA) is 64.3 Å². The number of nitrogens with one attached hydrogen (secondary N) is 1. The largest absolute Gasteiger partial charge is 0.456 e. The summed E-state index contributed by atoms with van der Waals surface area (Å²) in [5.74, 6) is -0.280. The highest BCUT2D eigenvalue weighted by atomic mass is 16.6. The lowest BCUT2D eigenvalue weighted by Crippen LogP contribution is -2.35. The van der Waals surface area contributed by atoms with Gasteiger partial charge in [-0.25, -0.2) is 4.79 Å². The fourth-order valence-electron chi connectivity index (χ4n) is 2.06. The molecule has 0 amide bonds. The van der Waals surface area contributed by atoms with Crippen molar-refractivity contribution in [3.05, 3.63) is 34.9 Å². The number of carbonyl (C=O) groups excluding carboxylic acids is 1. The van der Waals surface area contributed by atoms with Crippen LogP contribution in [-0.2, 0) is 11.2 Å². The summed E-state index contributed by atoms with van der Waals surface area (Å²) in [6, 6.07) is 5.58. The van der Waals surface area contributed by atoms with Gasteiger partial charge in [0.15, 0.2) is 0 Å². The Morgan fingerprint density at radius 1 is 1.44 bits per heavy atom. The van der Waals surface area contributed by atoms with Crippen molar-refractivity contribution in [2.24, 2.45) is 5.73 Å². The molecule has 1 aliphatic heterocycles. The third-order valence-electron chi connectivity index (χ3n) is 2.87. The zero-order chi connectivity index (χ0) is 13.3. The Labute approximate surface area is 108 Å². The van der Waals surface area contributed by atoms with E-state index in [4.69, 9.17) is 10.5 Å². The average Bonchev–Trinajstić information content (AvgIpc) is 2.26. The molecular formula is C14H20N2O2. The molecule has 0 radical (unpaired) electrons. The Hall–Kier alpha value is -1.39. The number of hydrogen-bond acceptors (Lipinski definition) is 4. The summed E-state index contributed by atoms with van der Waals surface area (Å²) in [6.07, 6.45) is 0.751. The van der Waals surface area contributed by atoms with E-state index in [0.29, 0.717) is 5.56 Å². The van der Waals surface area contributed by atoms with Crippen LogP contribution in [0.25, 0.3) is 0 Å². The molecule has 98 valence electrons. The summed E-state index contributed by atoms with van der Waals surface area (Å²) in [5.41, 5.74) is 8.27. The van der Waals surface area contributed by atoms with Crippen LogP contribution in [0.5, 0.6) is 0 Å². The molecule has 4 nitrogen and oxygen atoms in total. The van der Waals surface area contributed by atoms with E-state index in [1.54, 1.807) is 6.07 Å². The second kappa shape index (κ2) is 4.71. The monoisotopic (exact) mass is 248 g/mol. The Bertz CT molecular complexity index is 463. The lowest BCUT2D eigenvalue weighted by molar-refractivity contribution is 0.00693. The summed E-state index contributed by atoms with van der Waals surface area (Å²) < 4.78 is 5.36. The van der Waals surface area contributed by atoms with Gasteiger partial charge in [0.25, 0.3) is 0 Å². The predicted octanol–water partition coefficient (Wildman–Crippen LogP) is 1.74. The molecule has 1 aliphatic rings. The van der Waals surface area contributed by atoms with Crippen molar-refractivity contribution in [1.82, 2.24) is 5.32 Å². The minimum atomic E-state index is -0.467. The van der Waals surface area contributed by atoms with Crippen molar-refractivity contribution in [1.29, 1.82) is 0 Å². The number of rotatable bonds is 1. The zero-order valence-corrected chi connectivity index (χ0v) is 11.1. The number of fused-ring (bicyclic) bond motifs is 1. The Kier molecular flexibility index (Phi) is 3.41. The molecular weight excluding hydrogens is 228 g/mol. The lowest BCUT2D eigenvalue weighted by Gasteiger charge is -2.24. The number of esters is 1. The Balaban J connectivity index is 2.23. The van der Waals surface area contributed by atoms with E-state index in [2.05, 4.69) is 5.32 Å². The first kappa shape index (κ1) is 13.1. The maximum atomic E-state index is 12.0. The van der Waals surface area contributed by atoms with Crippen molar-refractivity contribution in [3.63, 3.8) is 0 Å². The van der Waals surface area contributed by atoms with Crippen LogP contribution in [-0.4, -0.2) is 18.1 Å². The molecule has 1 aromatic carbocycles. The molecule has 1 unspecified atom stereocenters. The first-order valence-electron chi connectivity index (χ1n) is 6.22. The summed E-state index contributed by atoms with van der Waals surface area (Å²) in [7, 11) is 0. The highest BCUT2D eigenvalue weighted by Crippen LogP contribution is 2.22. The van der Waals surface area contributed by atoms with Gasteiger partial charge in [-0.3, -0.25) is 5.32 Å². The minimum Gasteiger partial charge on any atom is -0.456 e. The van der Waals surface area contributed by atoms with Crippen LogP contribution < -0.4 is 11.1 Å². The van der Waals surface area contributed by atoms with Gasteiger partial charge in [-0.1, -0.05) is 6.07 Å². The summed E-state index contributed by atoms with van der Waals surface area (Å²) in [4.78, 5) is 12.0. The van der Waals surface area contributed by atoms with Gasteiger partial charge in [-0.05, 0) is 50.5 Å². The lowest BCUT2D eigenvalue weighted by atomic mass is 9.96. The number of ether oxygens (including phenoxy) is 1. The molecule has 1 aromatic rings. The maximum absolute atomic E-state index is 12.0. The molecule has 0 aromatic heterocycles. The van der Waals surface area contributed by atoms with Crippen molar-refractivity contribution < 1.29 is 9.53 Å². The SMILES string of the molecule is CC(C)(C)OC(=O)c1ccc2c(c1)CCNC2N. The number of carbonyl (C=O) groups is 1. The normalized spacial score (nSPS) is 19.2. The van der Waals surface area contributed by atoms with Crippen LogP contribution in [0, 0.1) is 0 Å². The van der Waals surface area contributed by atoms with E-state index in [1.807, 2.05) is 32.9 Å². The van der Waals surface area contributed by atoms with Crippen molar-refractivity contribution >= 4 is 5.97 Å². The van der Waals surface area contributed by atoms with Crippen LogP contribution in [0.4, 0.5) is 0 Å². The smallest absolute Gasteiger partial charge is 0.338 e. The van der Waals surface area contributed by atoms with E-state index >= 15 is 0 Å². The molecule has 3 N–H and O–H groups in total. The predicted molar refractivity (Wildman–Crippen MR) is 70.2 cm³/mol. The van der Waals surface area contributed by atoms with Gasteiger partial charge >= 0.3 is 5.97 Å². The highest BCUT2D eigenvalue weighted by Gasteiger charge is 2.21. The molecule has 1 atom stereocenters. The first-order valence-corrected chi connectivity index (χ1v) is 6.22. The fourth-order valence-corrected chi connectivity index (χ4v) is 2.06. The van der Waals surface area contributed by atoms with Crippen molar-refractivity contribution in [2.45, 2.75) is 39.0 Å². The van der Waals surface area contributed by atoms with Gasteiger partial charge in [-0.15, -0.1) is 0 Å². The quantitative estimate of drug-likeness (QED) is 0.743. The second-order valence-corrected chi connectivity index (χ2v) is 5.60. The molecule has 0 saturated carbocycles. The third kappa shape index (κ3) is 2.89. The first-order chi connectivity index (χ1) is 8.37. The van der Waals surface area contributed by atoms with E-state index in [-0.39, 0.29) is 12.1 Å². The van der Waals surface area contributed by atoms with Crippen molar-refractivity contribution in [2.75, 3.05) is 6.54 Å². The van der Waals surface area contributed by atoms with Crippen LogP contribution >= 0.6 is 0 Å². The van der Waals surface area contributed by atoms with Gasteiger partial charge < -0.3 is 10.5 Å². The molecule has 0 saturated heterocycles. The van der Waals surface area contributed by atoms with Crippen LogP contribution in [0.1, 0.15) is 48.4 Å². The maximum Gasteiger partial charge on any atom is 0.338 e. The summed E-state index contributed by atoms with van der Waals surface area (Å²) in [6.45, 7) is 6.43. The molecule has 2 rings (SSSR count). The van der Waals surface area contributed by atoms with E-state index in [9.17, 15) is 4.79 Å². The number of benzene rings is 1. The Morgan fingerprint density at radius 2 is 2.17 bits per heavy atom. The van der Waals surface area contributed by atoms with Gasteiger partial charge in [0.05, 0.1) is 11.7 Å². The van der Waals surface area contributed by atoms with Gasteiger partial charge in [0.2, 0.25) is 0 Å². The van der Waals surface area contributed by atoms with Crippen LogP contribution in [0.15, 0.2) is 18.2 Å². The zero-order valence-electron chi connectivity index (χ0n) is 11.1. The molecule has 0 spiro atoms. The van der Waals surface area contributed by atoms with Crippen LogP contribution in [0.3, 0.4) is 0 Å². The van der Waals surface area contributed by atoms with E-state index < -0.39 is 5.60 Å². The molecule has 0 aliphatic carbocycles. The average molecular weight is 248 g/mol. The molecule has 4 heteroatoms. The molecule has 18 heavy (non-hydrogen) atoms. The molecule has 0 fully saturated rings. The van der Waals surface area contributed by atoms with Gasteiger partial charge in [-0.2, -0.15) is 0 Å². The van der Waals surface area contributed by atoms with Crippen LogP contribution in [0.2, 0.25) is 0 Å². The minimum absolute atomic E-state index is 0.138.